The molecule has 0 saturated carbocycles. The molecule has 4 N–H and O–H groups in total. The number of ether oxygens (including phenoxy) is 1. The smallest absolute Gasteiger partial charge is 0.238 e. The summed E-state index contributed by atoms with van der Waals surface area (Å²) in [7, 11) is 0. The number of carbonyl (C=O) groups excluding carboxylic acids is 2. The number of rotatable bonds is 8. The Morgan fingerprint density at radius 3 is 2.00 bits per heavy atom. The monoisotopic (exact) mass is 434 g/mol. The first kappa shape index (κ1) is 26.6. The zero-order valence-corrected chi connectivity index (χ0v) is 18.2. The van der Waals surface area contributed by atoms with E-state index in [1.165, 1.54) is 0 Å². The van der Waals surface area contributed by atoms with Crippen LogP contribution in [0.15, 0.2) is 24.3 Å². The number of hydrogen-bond donors (Lipinski definition) is 3. The van der Waals surface area contributed by atoms with Gasteiger partial charge in [-0.3, -0.25) is 14.5 Å². The van der Waals surface area contributed by atoms with Gasteiger partial charge in [0.05, 0.1) is 25.2 Å². The van der Waals surface area contributed by atoms with E-state index >= 15 is 0 Å². The molecule has 1 aromatic carbocycles. The minimum atomic E-state index is -0.537. The third-order valence-corrected chi connectivity index (χ3v) is 5.12. The van der Waals surface area contributed by atoms with E-state index in [0.717, 1.165) is 13.1 Å². The molecule has 160 valence electrons. The van der Waals surface area contributed by atoms with Crippen LogP contribution in [0, 0.1) is 5.41 Å². The molecule has 0 atom stereocenters. The van der Waals surface area contributed by atoms with E-state index in [0.29, 0.717) is 50.5 Å². The van der Waals surface area contributed by atoms with Crippen molar-refractivity contribution in [2.24, 2.45) is 11.1 Å². The summed E-state index contributed by atoms with van der Waals surface area (Å²) >= 11 is 0. The Kier molecular flexibility index (Phi) is 12.3. The first-order chi connectivity index (χ1) is 12.5. The molecular formula is C19H32Cl2N4O3. The van der Waals surface area contributed by atoms with Gasteiger partial charge in [-0.25, -0.2) is 0 Å². The molecule has 0 bridgehead atoms. The molecule has 1 heterocycles. The third kappa shape index (κ3) is 7.22. The van der Waals surface area contributed by atoms with Crippen molar-refractivity contribution in [3.05, 3.63) is 24.3 Å². The third-order valence-electron chi connectivity index (χ3n) is 5.12. The fourth-order valence-electron chi connectivity index (χ4n) is 3.02. The molecule has 28 heavy (non-hydrogen) atoms. The first-order valence-corrected chi connectivity index (χ1v) is 9.24. The number of amides is 2. The van der Waals surface area contributed by atoms with E-state index in [9.17, 15) is 9.59 Å². The number of nitrogens with one attached hydrogen (secondary N) is 2. The number of morpholine rings is 1. The molecule has 1 aliphatic heterocycles. The molecule has 0 unspecified atom stereocenters. The maximum Gasteiger partial charge on any atom is 0.238 e. The number of nitrogens with zero attached hydrogens (tertiary/aromatic N) is 1. The van der Waals surface area contributed by atoms with Crippen LogP contribution < -0.4 is 16.4 Å². The van der Waals surface area contributed by atoms with Gasteiger partial charge in [-0.2, -0.15) is 0 Å². The molecule has 7 nitrogen and oxygen atoms in total. The molecule has 9 heteroatoms. The summed E-state index contributed by atoms with van der Waals surface area (Å²) in [5, 5.41) is 5.81. The predicted octanol–water partition coefficient (Wildman–Crippen LogP) is 2.50. The molecule has 1 fully saturated rings. The largest absolute Gasteiger partial charge is 0.379 e. The highest BCUT2D eigenvalue weighted by Gasteiger charge is 2.33. The zero-order valence-electron chi connectivity index (χ0n) is 16.5. The number of hydrogen-bond acceptors (Lipinski definition) is 5. The van der Waals surface area contributed by atoms with Crippen molar-refractivity contribution in [1.29, 1.82) is 0 Å². The molecule has 1 saturated heterocycles. The van der Waals surface area contributed by atoms with E-state index in [1.807, 2.05) is 13.8 Å². The van der Waals surface area contributed by atoms with Crippen molar-refractivity contribution in [2.75, 3.05) is 50.0 Å². The van der Waals surface area contributed by atoms with E-state index in [4.69, 9.17) is 10.5 Å². The summed E-state index contributed by atoms with van der Waals surface area (Å²) < 4.78 is 5.28. The Morgan fingerprint density at radius 2 is 1.54 bits per heavy atom. The van der Waals surface area contributed by atoms with Gasteiger partial charge in [-0.15, -0.1) is 24.8 Å². The lowest BCUT2D eigenvalue weighted by Crippen LogP contribution is -2.41. The van der Waals surface area contributed by atoms with Crippen LogP contribution in [-0.2, 0) is 14.3 Å². The van der Waals surface area contributed by atoms with Crippen molar-refractivity contribution in [1.82, 2.24) is 4.90 Å². The number of anilines is 2. The average Bonchev–Trinajstić information content (AvgIpc) is 2.66. The number of nitrogens with two attached hydrogens (primary N) is 1. The van der Waals surface area contributed by atoms with Gasteiger partial charge in [0.25, 0.3) is 0 Å². The van der Waals surface area contributed by atoms with Gasteiger partial charge in [-0.1, -0.05) is 13.8 Å². The average molecular weight is 435 g/mol. The maximum atomic E-state index is 12.5. The Balaban J connectivity index is 0.00000364. The van der Waals surface area contributed by atoms with Crippen LogP contribution >= 0.6 is 24.8 Å². The highest BCUT2D eigenvalue weighted by atomic mass is 35.5. The lowest BCUT2D eigenvalue weighted by atomic mass is 9.81. The molecular weight excluding hydrogens is 403 g/mol. The van der Waals surface area contributed by atoms with Gasteiger partial charge in [0, 0.05) is 31.0 Å². The van der Waals surface area contributed by atoms with Crippen molar-refractivity contribution in [3.63, 3.8) is 0 Å². The molecule has 1 aromatic rings. The standard InChI is InChI=1S/C19H30N4O3.2ClH/c1-3-19(4-2,14-20)18(25)22-16-7-5-15(6-8-16)21-17(24)13-23-9-11-26-12-10-23;;/h5-8H,3-4,9-14,20H2,1-2H3,(H,21,24)(H,22,25);2*1H. The van der Waals surface area contributed by atoms with Crippen LogP contribution in [0.3, 0.4) is 0 Å². The van der Waals surface area contributed by atoms with E-state index in [-0.39, 0.29) is 36.6 Å². The highest BCUT2D eigenvalue weighted by Crippen LogP contribution is 2.27. The lowest BCUT2D eigenvalue weighted by Gasteiger charge is -2.28. The first-order valence-electron chi connectivity index (χ1n) is 9.24. The van der Waals surface area contributed by atoms with Crippen LogP contribution in [0.4, 0.5) is 11.4 Å². The molecule has 0 aromatic heterocycles. The summed E-state index contributed by atoms with van der Waals surface area (Å²) in [6, 6.07) is 7.15. The normalized spacial score (nSPS) is 14.4. The Morgan fingerprint density at radius 1 is 1.04 bits per heavy atom. The van der Waals surface area contributed by atoms with Gasteiger partial charge in [0.2, 0.25) is 11.8 Å². The van der Waals surface area contributed by atoms with Gasteiger partial charge in [-0.05, 0) is 37.1 Å². The molecule has 0 aliphatic carbocycles. The van der Waals surface area contributed by atoms with Crippen molar-refractivity contribution < 1.29 is 14.3 Å². The summed E-state index contributed by atoms with van der Waals surface area (Å²) in [6.45, 7) is 7.51. The molecule has 0 radical (unpaired) electrons. The number of carbonyl (C=O) groups is 2. The van der Waals surface area contributed by atoms with E-state index in [1.54, 1.807) is 24.3 Å². The minimum absolute atomic E-state index is 0. The lowest BCUT2D eigenvalue weighted by molar-refractivity contribution is -0.125. The number of benzene rings is 1. The molecule has 2 amide bonds. The van der Waals surface area contributed by atoms with E-state index in [2.05, 4.69) is 15.5 Å². The van der Waals surface area contributed by atoms with Crippen LogP contribution in [0.25, 0.3) is 0 Å². The van der Waals surface area contributed by atoms with Gasteiger partial charge < -0.3 is 21.1 Å². The second-order valence-electron chi connectivity index (χ2n) is 6.66. The SMILES string of the molecule is CCC(CC)(CN)C(=O)Nc1ccc(NC(=O)CN2CCOCC2)cc1.Cl.Cl. The second-order valence-corrected chi connectivity index (χ2v) is 6.66. The fourth-order valence-corrected chi connectivity index (χ4v) is 3.02. The zero-order chi connectivity index (χ0) is 19.0. The molecule has 0 spiro atoms. The van der Waals surface area contributed by atoms with Crippen LogP contribution in [0.5, 0.6) is 0 Å². The summed E-state index contributed by atoms with van der Waals surface area (Å²) in [5.74, 6) is -0.114. The second kappa shape index (κ2) is 13.0. The maximum absolute atomic E-state index is 12.5. The van der Waals surface area contributed by atoms with Crippen molar-refractivity contribution >= 4 is 48.0 Å². The van der Waals surface area contributed by atoms with E-state index < -0.39 is 5.41 Å². The fraction of sp³-hybridized carbons (Fsp3) is 0.579. The Hall–Kier alpha value is -1.38. The van der Waals surface area contributed by atoms with Crippen molar-refractivity contribution in [3.8, 4) is 0 Å². The van der Waals surface area contributed by atoms with Crippen LogP contribution in [-0.4, -0.2) is 56.1 Å². The quantitative estimate of drug-likeness (QED) is 0.583. The minimum Gasteiger partial charge on any atom is -0.379 e. The highest BCUT2D eigenvalue weighted by molar-refractivity contribution is 5.96. The van der Waals surface area contributed by atoms with Gasteiger partial charge in [0.1, 0.15) is 0 Å². The van der Waals surface area contributed by atoms with Gasteiger partial charge >= 0.3 is 0 Å². The van der Waals surface area contributed by atoms with Crippen LogP contribution in [0.2, 0.25) is 0 Å². The molecule has 2 rings (SSSR count). The Labute approximate surface area is 179 Å². The summed E-state index contributed by atoms with van der Waals surface area (Å²) in [6.07, 6.45) is 1.39. The van der Waals surface area contributed by atoms with Gasteiger partial charge in [0.15, 0.2) is 0 Å². The predicted molar refractivity (Wildman–Crippen MR) is 118 cm³/mol. The Bertz CT molecular complexity index is 595. The summed E-state index contributed by atoms with van der Waals surface area (Å²) in [4.78, 5) is 26.7. The molecule has 1 aliphatic rings. The van der Waals surface area contributed by atoms with Crippen LogP contribution in [0.1, 0.15) is 26.7 Å². The summed E-state index contributed by atoms with van der Waals surface area (Å²) in [5.41, 5.74) is 6.68. The topological polar surface area (TPSA) is 96.7 Å². The number of halogens is 2. The van der Waals surface area contributed by atoms with Crippen molar-refractivity contribution in [2.45, 2.75) is 26.7 Å².